The van der Waals surface area contributed by atoms with Gasteiger partial charge in [-0.1, -0.05) is 18.2 Å². The van der Waals surface area contributed by atoms with Crippen LogP contribution in [0.5, 0.6) is 17.2 Å². The Morgan fingerprint density at radius 2 is 2.00 bits per heavy atom. The van der Waals surface area contributed by atoms with Crippen molar-refractivity contribution in [2.75, 3.05) is 19.2 Å². The smallest absolute Gasteiger partial charge is 0.334 e. The maximum atomic E-state index is 13.0. The molecule has 10 heteroatoms. The number of methoxy groups -OCH3 is 1. The van der Waals surface area contributed by atoms with E-state index in [1.807, 2.05) is 24.3 Å². The zero-order valence-corrected chi connectivity index (χ0v) is 16.4. The van der Waals surface area contributed by atoms with Gasteiger partial charge >= 0.3 is 5.69 Å². The molecular formula is C21H17N5O5. The van der Waals surface area contributed by atoms with Crippen LogP contribution >= 0.6 is 0 Å². The highest BCUT2D eigenvalue weighted by Crippen LogP contribution is 2.33. The van der Waals surface area contributed by atoms with E-state index in [4.69, 9.17) is 14.2 Å². The van der Waals surface area contributed by atoms with Crippen molar-refractivity contribution in [2.45, 2.75) is 6.54 Å². The fourth-order valence-corrected chi connectivity index (χ4v) is 3.37. The van der Waals surface area contributed by atoms with E-state index in [1.54, 1.807) is 25.3 Å². The number of H-pyrrole nitrogens is 1. The van der Waals surface area contributed by atoms with Crippen LogP contribution in [-0.2, 0) is 6.54 Å². The molecule has 0 saturated carbocycles. The number of nitrogens with zero attached hydrogens (tertiary/aromatic N) is 3. The van der Waals surface area contributed by atoms with Crippen molar-refractivity contribution in [3.8, 4) is 22.9 Å². The van der Waals surface area contributed by atoms with Crippen LogP contribution in [0.25, 0.3) is 16.7 Å². The third kappa shape index (κ3) is 3.33. The molecule has 5 rings (SSSR count). The first-order chi connectivity index (χ1) is 15.1. The second kappa shape index (κ2) is 7.48. The Morgan fingerprint density at radius 1 is 1.16 bits per heavy atom. The molecule has 0 bridgehead atoms. The van der Waals surface area contributed by atoms with Crippen LogP contribution in [0, 0.1) is 0 Å². The number of ether oxygens (including phenoxy) is 3. The molecule has 0 saturated heterocycles. The first-order valence-corrected chi connectivity index (χ1v) is 9.42. The van der Waals surface area contributed by atoms with Gasteiger partial charge in [0.1, 0.15) is 11.1 Å². The Bertz CT molecular complexity index is 1410. The molecule has 10 nitrogen and oxygen atoms in total. The molecule has 156 valence electrons. The molecule has 1 aliphatic rings. The molecule has 2 aromatic carbocycles. The molecule has 2 N–H and O–H groups in total. The Morgan fingerprint density at radius 3 is 2.87 bits per heavy atom. The van der Waals surface area contributed by atoms with E-state index >= 15 is 0 Å². The van der Waals surface area contributed by atoms with E-state index in [9.17, 15) is 9.59 Å². The summed E-state index contributed by atoms with van der Waals surface area (Å²) in [4.78, 5) is 36.8. The maximum absolute atomic E-state index is 13.0. The van der Waals surface area contributed by atoms with E-state index in [1.165, 1.54) is 6.20 Å². The van der Waals surface area contributed by atoms with Crippen molar-refractivity contribution in [1.82, 2.24) is 19.5 Å². The Balaban J connectivity index is 1.49. The van der Waals surface area contributed by atoms with Crippen molar-refractivity contribution in [2.24, 2.45) is 0 Å². The van der Waals surface area contributed by atoms with Gasteiger partial charge in [-0.15, -0.1) is 0 Å². The summed E-state index contributed by atoms with van der Waals surface area (Å²) in [6.07, 6.45) is 1.38. The fraction of sp³-hybridized carbons (Fsp3) is 0.143. The minimum atomic E-state index is -0.620. The maximum Gasteiger partial charge on any atom is 0.334 e. The summed E-state index contributed by atoms with van der Waals surface area (Å²) in [6.45, 7) is 0.508. The summed E-state index contributed by atoms with van der Waals surface area (Å²) >= 11 is 0. The van der Waals surface area contributed by atoms with Crippen LogP contribution in [-0.4, -0.2) is 33.4 Å². The van der Waals surface area contributed by atoms with E-state index < -0.39 is 11.2 Å². The number of hydrogen-bond donors (Lipinski definition) is 2. The second-order valence-electron chi connectivity index (χ2n) is 6.73. The molecule has 31 heavy (non-hydrogen) atoms. The van der Waals surface area contributed by atoms with Crippen molar-refractivity contribution >= 4 is 17.0 Å². The first-order valence-electron chi connectivity index (χ1n) is 9.42. The summed E-state index contributed by atoms with van der Waals surface area (Å²) in [5, 5.41) is 3.26. The minimum Gasteiger partial charge on any atom is -0.496 e. The van der Waals surface area contributed by atoms with Crippen molar-refractivity contribution in [3.63, 3.8) is 0 Å². The summed E-state index contributed by atoms with van der Waals surface area (Å²) in [5.74, 6) is 2.03. The topological polar surface area (TPSA) is 120 Å². The van der Waals surface area contributed by atoms with Crippen LogP contribution in [0.1, 0.15) is 5.56 Å². The van der Waals surface area contributed by atoms with Crippen molar-refractivity contribution in [3.05, 3.63) is 75.1 Å². The predicted molar refractivity (Wildman–Crippen MR) is 112 cm³/mol. The number of rotatable bonds is 5. The van der Waals surface area contributed by atoms with E-state index in [-0.39, 0.29) is 23.8 Å². The van der Waals surface area contributed by atoms with Gasteiger partial charge in [0.15, 0.2) is 17.1 Å². The Kier molecular flexibility index (Phi) is 4.51. The second-order valence-corrected chi connectivity index (χ2v) is 6.73. The molecule has 0 amide bonds. The number of aromatic amines is 1. The molecule has 0 spiro atoms. The molecule has 0 atom stereocenters. The van der Waals surface area contributed by atoms with Gasteiger partial charge in [0.2, 0.25) is 12.7 Å². The number of fused-ring (bicyclic) bond motifs is 2. The molecule has 1 aliphatic heterocycles. The molecule has 0 fully saturated rings. The average Bonchev–Trinajstić information content (AvgIpc) is 3.25. The molecule has 0 aliphatic carbocycles. The summed E-state index contributed by atoms with van der Waals surface area (Å²) in [6, 6.07) is 12.4. The lowest BCUT2D eigenvalue weighted by Crippen LogP contribution is -2.34. The lowest BCUT2D eigenvalue weighted by molar-refractivity contribution is 0.174. The van der Waals surface area contributed by atoms with Crippen LogP contribution in [0.2, 0.25) is 0 Å². The highest BCUT2D eigenvalue weighted by Gasteiger charge is 2.17. The zero-order chi connectivity index (χ0) is 21.4. The quantitative estimate of drug-likeness (QED) is 0.503. The third-order valence-corrected chi connectivity index (χ3v) is 4.89. The molecule has 0 unspecified atom stereocenters. The zero-order valence-electron chi connectivity index (χ0n) is 16.4. The van der Waals surface area contributed by atoms with Crippen LogP contribution in [0.4, 0.5) is 5.95 Å². The molecular weight excluding hydrogens is 402 g/mol. The minimum absolute atomic E-state index is 0.0975. The first kappa shape index (κ1) is 18.7. The number of hydrogen-bond acceptors (Lipinski definition) is 8. The molecule has 0 radical (unpaired) electrons. The molecule has 2 aromatic heterocycles. The van der Waals surface area contributed by atoms with E-state index in [0.717, 1.165) is 15.9 Å². The van der Waals surface area contributed by atoms with Gasteiger partial charge in [-0.3, -0.25) is 9.78 Å². The number of para-hydroxylation sites is 1. The number of benzene rings is 2. The van der Waals surface area contributed by atoms with Crippen molar-refractivity contribution < 1.29 is 14.2 Å². The molecule has 4 aromatic rings. The molecule has 3 heterocycles. The fourth-order valence-electron chi connectivity index (χ4n) is 3.37. The normalized spacial score (nSPS) is 12.2. The standard InChI is InChI=1S/C21H17N5O5/c1-29-15-5-3-2-4-12(15)9-22-20-23-10-14-18(24-20)25-21(28)26(19(14)27)13-6-7-16-17(8-13)31-11-30-16/h2-8,10H,9,11H2,1H3,(H2,22,23,24,25,28). The SMILES string of the molecule is COc1ccccc1CNc1ncc2c(=O)n(-c3ccc4c(c3)OCO4)c(=O)[nH]c2n1. The van der Waals surface area contributed by atoms with E-state index in [0.29, 0.717) is 23.7 Å². The van der Waals surface area contributed by atoms with Gasteiger partial charge < -0.3 is 19.5 Å². The summed E-state index contributed by atoms with van der Waals surface area (Å²) in [5.41, 5.74) is 0.264. The highest BCUT2D eigenvalue weighted by atomic mass is 16.7. The van der Waals surface area contributed by atoms with Gasteiger partial charge in [0.25, 0.3) is 5.56 Å². The van der Waals surface area contributed by atoms with Crippen LogP contribution in [0.15, 0.2) is 58.3 Å². The summed E-state index contributed by atoms with van der Waals surface area (Å²) < 4.78 is 16.9. The highest BCUT2D eigenvalue weighted by molar-refractivity contribution is 5.73. The van der Waals surface area contributed by atoms with Gasteiger partial charge in [0.05, 0.1) is 12.8 Å². The third-order valence-electron chi connectivity index (χ3n) is 4.89. The number of nitrogens with one attached hydrogen (secondary N) is 2. The van der Waals surface area contributed by atoms with Crippen LogP contribution < -0.4 is 30.8 Å². The summed E-state index contributed by atoms with van der Waals surface area (Å²) in [7, 11) is 1.60. The Hall–Kier alpha value is -4.34. The average molecular weight is 419 g/mol. The lowest BCUT2D eigenvalue weighted by Gasteiger charge is -2.10. The van der Waals surface area contributed by atoms with Gasteiger partial charge in [0, 0.05) is 24.4 Å². The van der Waals surface area contributed by atoms with Gasteiger partial charge in [-0.05, 0) is 18.2 Å². The number of anilines is 1. The monoisotopic (exact) mass is 419 g/mol. The van der Waals surface area contributed by atoms with Crippen LogP contribution in [0.3, 0.4) is 0 Å². The Labute approximate surface area is 175 Å². The van der Waals surface area contributed by atoms with Crippen molar-refractivity contribution in [1.29, 1.82) is 0 Å². The van der Waals surface area contributed by atoms with E-state index in [2.05, 4.69) is 20.3 Å². The predicted octanol–water partition coefficient (Wildman–Crippen LogP) is 1.82. The van der Waals surface area contributed by atoms with Gasteiger partial charge in [-0.25, -0.2) is 14.3 Å². The van der Waals surface area contributed by atoms with Gasteiger partial charge in [-0.2, -0.15) is 4.98 Å². The number of aromatic nitrogens is 4. The lowest BCUT2D eigenvalue weighted by atomic mass is 10.2. The largest absolute Gasteiger partial charge is 0.496 e.